The van der Waals surface area contributed by atoms with Crippen LogP contribution in [0, 0.1) is 0 Å². The summed E-state index contributed by atoms with van der Waals surface area (Å²) in [4.78, 5) is 5.75. The van der Waals surface area contributed by atoms with Crippen molar-refractivity contribution in [3.05, 3.63) is 41.0 Å². The second kappa shape index (κ2) is 5.79. The molecule has 2 N–H and O–H groups in total. The van der Waals surface area contributed by atoms with Gasteiger partial charge in [0.1, 0.15) is 11.1 Å². The minimum Gasteiger partial charge on any atom is -0.376 e. The molecule has 2 aromatic rings. The zero-order valence-electron chi connectivity index (χ0n) is 10.5. The molecule has 3 rings (SSSR count). The summed E-state index contributed by atoms with van der Waals surface area (Å²) in [5.74, 6) is 0. The van der Waals surface area contributed by atoms with E-state index in [1.807, 2.05) is 18.2 Å². The minimum atomic E-state index is -0.0542. The van der Waals surface area contributed by atoms with Crippen molar-refractivity contribution in [2.24, 2.45) is 5.73 Å². The minimum absolute atomic E-state index is 0.0542. The Balaban J connectivity index is 1.94. The van der Waals surface area contributed by atoms with Gasteiger partial charge in [-0.05, 0) is 5.56 Å². The highest BCUT2D eigenvalue weighted by Crippen LogP contribution is 2.34. The lowest BCUT2D eigenvalue weighted by Crippen LogP contribution is -2.21. The number of aromatic nitrogens is 1. The smallest absolute Gasteiger partial charge is 0.132 e. The van der Waals surface area contributed by atoms with Crippen molar-refractivity contribution < 1.29 is 9.47 Å². The lowest BCUT2D eigenvalue weighted by molar-refractivity contribution is -0.0902. The highest BCUT2D eigenvalue weighted by atomic mass is 32.1. The number of rotatable bonds is 3. The molecule has 0 radical (unpaired) electrons. The Morgan fingerprint density at radius 1 is 1.26 bits per heavy atom. The fraction of sp³-hybridized carbons (Fsp3) is 0.357. The summed E-state index contributed by atoms with van der Waals surface area (Å²) in [5.41, 5.74) is 7.89. The Morgan fingerprint density at radius 2 is 2.11 bits per heavy atom. The van der Waals surface area contributed by atoms with Gasteiger partial charge in [0.15, 0.2) is 0 Å². The van der Waals surface area contributed by atoms with Gasteiger partial charge < -0.3 is 15.2 Å². The second-order valence-corrected chi connectivity index (χ2v) is 5.36. The summed E-state index contributed by atoms with van der Waals surface area (Å²) >= 11 is 1.65. The first-order valence-electron chi connectivity index (χ1n) is 6.33. The van der Waals surface area contributed by atoms with Gasteiger partial charge in [0.05, 0.1) is 30.4 Å². The molecule has 5 heteroatoms. The molecule has 19 heavy (non-hydrogen) atoms. The Kier molecular flexibility index (Phi) is 3.89. The molecule has 0 bridgehead atoms. The normalized spacial score (nSPS) is 19.5. The molecule has 0 spiro atoms. The van der Waals surface area contributed by atoms with Gasteiger partial charge in [-0.1, -0.05) is 30.3 Å². The van der Waals surface area contributed by atoms with Crippen LogP contribution in [0.25, 0.3) is 10.4 Å². The maximum Gasteiger partial charge on any atom is 0.132 e. The maximum absolute atomic E-state index is 5.80. The number of thiazole rings is 1. The molecule has 1 fully saturated rings. The van der Waals surface area contributed by atoms with Gasteiger partial charge in [0.25, 0.3) is 0 Å². The van der Waals surface area contributed by atoms with E-state index in [0.29, 0.717) is 26.4 Å². The van der Waals surface area contributed by atoms with Gasteiger partial charge in [0.2, 0.25) is 0 Å². The third-order valence-corrected chi connectivity index (χ3v) is 4.27. The van der Waals surface area contributed by atoms with Gasteiger partial charge in [-0.3, -0.25) is 0 Å². The van der Waals surface area contributed by atoms with E-state index in [0.717, 1.165) is 21.1 Å². The van der Waals surface area contributed by atoms with E-state index >= 15 is 0 Å². The van der Waals surface area contributed by atoms with Crippen LogP contribution in [0.2, 0.25) is 0 Å². The molecule has 1 saturated heterocycles. The lowest BCUT2D eigenvalue weighted by atomic mass is 10.1. The molecule has 100 valence electrons. The van der Waals surface area contributed by atoms with Crippen molar-refractivity contribution in [3.63, 3.8) is 0 Å². The van der Waals surface area contributed by atoms with Crippen LogP contribution in [0.5, 0.6) is 0 Å². The predicted octanol–water partition coefficient (Wildman–Crippen LogP) is 2.36. The molecule has 1 aliphatic heterocycles. The summed E-state index contributed by atoms with van der Waals surface area (Å²) in [6.07, 6.45) is -0.0542. The zero-order valence-corrected chi connectivity index (χ0v) is 11.4. The standard InChI is InChI=1S/C14H16N2O2S/c15-8-11-13(10-4-2-1-3-5-10)19-14(16-11)12-9-17-6-7-18-12/h1-5,12H,6-9,15H2. The monoisotopic (exact) mass is 276 g/mol. The lowest BCUT2D eigenvalue weighted by Gasteiger charge is -2.20. The molecular formula is C14H16N2O2S. The molecule has 2 heterocycles. The van der Waals surface area contributed by atoms with Gasteiger partial charge in [-0.25, -0.2) is 4.98 Å². The quantitative estimate of drug-likeness (QED) is 0.935. The van der Waals surface area contributed by atoms with Crippen LogP contribution in [0.1, 0.15) is 16.8 Å². The first-order chi connectivity index (χ1) is 9.38. The van der Waals surface area contributed by atoms with Crippen molar-refractivity contribution in [2.45, 2.75) is 12.6 Å². The highest BCUT2D eigenvalue weighted by molar-refractivity contribution is 7.15. The Bertz CT molecular complexity index is 536. The van der Waals surface area contributed by atoms with Crippen molar-refractivity contribution >= 4 is 11.3 Å². The molecule has 0 aliphatic carbocycles. The highest BCUT2D eigenvalue weighted by Gasteiger charge is 2.22. The molecule has 0 saturated carbocycles. The van der Waals surface area contributed by atoms with Crippen LogP contribution in [0.4, 0.5) is 0 Å². The topological polar surface area (TPSA) is 57.4 Å². The average Bonchev–Trinajstić information content (AvgIpc) is 2.93. The first-order valence-corrected chi connectivity index (χ1v) is 7.14. The molecule has 1 aromatic heterocycles. The van der Waals surface area contributed by atoms with Crippen LogP contribution in [-0.4, -0.2) is 24.8 Å². The van der Waals surface area contributed by atoms with Crippen LogP contribution < -0.4 is 5.73 Å². The van der Waals surface area contributed by atoms with Gasteiger partial charge >= 0.3 is 0 Å². The van der Waals surface area contributed by atoms with E-state index in [2.05, 4.69) is 17.1 Å². The van der Waals surface area contributed by atoms with Crippen molar-refractivity contribution in [1.82, 2.24) is 4.98 Å². The summed E-state index contributed by atoms with van der Waals surface area (Å²) < 4.78 is 11.1. The van der Waals surface area contributed by atoms with E-state index in [9.17, 15) is 0 Å². The van der Waals surface area contributed by atoms with E-state index < -0.39 is 0 Å². The summed E-state index contributed by atoms with van der Waals surface area (Å²) in [6, 6.07) is 10.2. The van der Waals surface area contributed by atoms with Crippen LogP contribution >= 0.6 is 11.3 Å². The predicted molar refractivity (Wildman–Crippen MR) is 75.0 cm³/mol. The maximum atomic E-state index is 5.80. The Labute approximate surface area is 116 Å². The summed E-state index contributed by atoms with van der Waals surface area (Å²) in [5, 5.41) is 0.957. The van der Waals surface area contributed by atoms with Gasteiger partial charge in [-0.15, -0.1) is 11.3 Å². The van der Waals surface area contributed by atoms with E-state index in [1.165, 1.54) is 0 Å². The molecule has 1 aromatic carbocycles. The fourth-order valence-corrected chi connectivity index (χ4v) is 3.22. The number of hydrogen-bond acceptors (Lipinski definition) is 5. The van der Waals surface area contributed by atoms with E-state index in [4.69, 9.17) is 15.2 Å². The summed E-state index contributed by atoms with van der Waals surface area (Å²) in [6.45, 7) is 2.31. The third kappa shape index (κ3) is 2.69. The number of nitrogens with two attached hydrogens (primary N) is 1. The number of nitrogens with zero attached hydrogens (tertiary/aromatic N) is 1. The molecular weight excluding hydrogens is 260 g/mol. The molecule has 1 unspecified atom stereocenters. The van der Waals surface area contributed by atoms with Crippen molar-refractivity contribution in [3.8, 4) is 10.4 Å². The molecule has 1 atom stereocenters. The Hall–Kier alpha value is -1.27. The van der Waals surface area contributed by atoms with Gasteiger partial charge in [-0.2, -0.15) is 0 Å². The zero-order chi connectivity index (χ0) is 13.1. The second-order valence-electron chi connectivity index (χ2n) is 4.33. The van der Waals surface area contributed by atoms with Crippen molar-refractivity contribution in [2.75, 3.05) is 19.8 Å². The Morgan fingerprint density at radius 3 is 2.79 bits per heavy atom. The molecule has 1 aliphatic rings. The van der Waals surface area contributed by atoms with Crippen LogP contribution in [0.15, 0.2) is 30.3 Å². The number of benzene rings is 1. The first kappa shape index (κ1) is 12.7. The van der Waals surface area contributed by atoms with Gasteiger partial charge in [0, 0.05) is 6.54 Å². The summed E-state index contributed by atoms with van der Waals surface area (Å²) in [7, 11) is 0. The van der Waals surface area contributed by atoms with Crippen LogP contribution in [-0.2, 0) is 16.0 Å². The largest absolute Gasteiger partial charge is 0.376 e. The number of hydrogen-bond donors (Lipinski definition) is 1. The fourth-order valence-electron chi connectivity index (χ4n) is 2.09. The average molecular weight is 276 g/mol. The third-order valence-electron chi connectivity index (χ3n) is 3.03. The SMILES string of the molecule is NCc1nc(C2COCCO2)sc1-c1ccccc1. The van der Waals surface area contributed by atoms with Crippen LogP contribution in [0.3, 0.4) is 0 Å². The number of ether oxygens (including phenoxy) is 2. The van der Waals surface area contributed by atoms with E-state index in [1.54, 1.807) is 11.3 Å². The molecule has 0 amide bonds. The van der Waals surface area contributed by atoms with Crippen molar-refractivity contribution in [1.29, 1.82) is 0 Å². The van der Waals surface area contributed by atoms with E-state index in [-0.39, 0.29) is 6.10 Å². The molecule has 4 nitrogen and oxygen atoms in total.